The van der Waals surface area contributed by atoms with Gasteiger partial charge < -0.3 is 10.0 Å². The Bertz CT molecular complexity index is 501. The van der Waals surface area contributed by atoms with Crippen LogP contribution in [-0.2, 0) is 4.79 Å². The van der Waals surface area contributed by atoms with E-state index in [1.807, 2.05) is 0 Å². The van der Waals surface area contributed by atoms with Crippen LogP contribution in [0.5, 0.6) is 0 Å². The maximum atomic E-state index is 11.9. The fourth-order valence-corrected chi connectivity index (χ4v) is 2.39. The van der Waals surface area contributed by atoms with Crippen LogP contribution in [0.25, 0.3) is 0 Å². The fourth-order valence-electron chi connectivity index (χ4n) is 2.22. The monoisotopic (exact) mass is 281 g/mol. The number of carbonyl (C=O) groups is 2. The maximum Gasteiger partial charge on any atom is 0.299 e. The van der Waals surface area contributed by atoms with E-state index in [-0.39, 0.29) is 6.61 Å². The van der Waals surface area contributed by atoms with Gasteiger partial charge in [0.1, 0.15) is 0 Å². The predicted molar refractivity (Wildman–Crippen MR) is 73.7 cm³/mol. The molecule has 0 saturated carbocycles. The van der Waals surface area contributed by atoms with Crippen LogP contribution in [0.3, 0.4) is 0 Å². The van der Waals surface area contributed by atoms with Gasteiger partial charge in [0.2, 0.25) is 0 Å². The Morgan fingerprint density at radius 1 is 1.11 bits per heavy atom. The second-order valence-corrected chi connectivity index (χ2v) is 5.02. The highest BCUT2D eigenvalue weighted by Gasteiger charge is 2.35. The van der Waals surface area contributed by atoms with Crippen LogP contribution in [0.4, 0.5) is 5.69 Å². The first-order valence-electron chi connectivity index (χ1n) is 6.41. The number of fused-ring (bicyclic) bond motifs is 1. The van der Waals surface area contributed by atoms with Crippen LogP contribution in [-0.4, -0.2) is 29.9 Å². The SMILES string of the molecule is O=C1C(=O)N(CCCCCCO)c2cc(Cl)ccc21. The molecule has 1 amide bonds. The van der Waals surface area contributed by atoms with Gasteiger partial charge in [0.05, 0.1) is 11.3 Å². The number of anilines is 1. The van der Waals surface area contributed by atoms with E-state index in [1.54, 1.807) is 18.2 Å². The molecule has 1 aromatic rings. The van der Waals surface area contributed by atoms with E-state index in [9.17, 15) is 9.59 Å². The Balaban J connectivity index is 2.04. The molecule has 0 radical (unpaired) electrons. The average molecular weight is 282 g/mol. The number of benzene rings is 1. The Labute approximate surface area is 117 Å². The third kappa shape index (κ3) is 2.96. The van der Waals surface area contributed by atoms with Crippen LogP contribution in [0.15, 0.2) is 18.2 Å². The largest absolute Gasteiger partial charge is 0.396 e. The summed E-state index contributed by atoms with van der Waals surface area (Å²) in [6.45, 7) is 0.711. The van der Waals surface area contributed by atoms with E-state index in [2.05, 4.69) is 0 Å². The zero-order valence-electron chi connectivity index (χ0n) is 10.6. The number of hydrogen-bond acceptors (Lipinski definition) is 3. The first-order valence-corrected chi connectivity index (χ1v) is 6.79. The third-order valence-electron chi connectivity index (χ3n) is 3.22. The predicted octanol–water partition coefficient (Wildman–Crippen LogP) is 2.42. The van der Waals surface area contributed by atoms with Crippen molar-refractivity contribution in [2.45, 2.75) is 25.7 Å². The highest BCUT2D eigenvalue weighted by molar-refractivity contribution is 6.52. The number of nitrogens with zero attached hydrogens (tertiary/aromatic N) is 1. The fraction of sp³-hybridized carbons (Fsp3) is 0.429. The summed E-state index contributed by atoms with van der Waals surface area (Å²) in [5, 5.41) is 9.21. The zero-order valence-corrected chi connectivity index (χ0v) is 11.3. The molecule has 1 N–H and O–H groups in total. The Hall–Kier alpha value is -1.39. The summed E-state index contributed by atoms with van der Waals surface area (Å²) in [6.07, 6.45) is 3.43. The minimum atomic E-state index is -0.473. The molecule has 19 heavy (non-hydrogen) atoms. The minimum absolute atomic E-state index is 0.194. The van der Waals surface area contributed by atoms with Gasteiger partial charge in [-0.25, -0.2) is 0 Å². The summed E-state index contributed by atoms with van der Waals surface area (Å²) in [5.41, 5.74) is 1.05. The molecule has 4 nitrogen and oxygen atoms in total. The molecule has 1 aliphatic heterocycles. The van der Waals surface area contributed by atoms with E-state index < -0.39 is 11.7 Å². The van der Waals surface area contributed by atoms with Gasteiger partial charge in [0.15, 0.2) is 0 Å². The lowest BCUT2D eigenvalue weighted by atomic mass is 10.1. The summed E-state index contributed by atoms with van der Waals surface area (Å²) >= 11 is 5.91. The molecule has 0 saturated heterocycles. The molecule has 2 rings (SSSR count). The van der Waals surface area contributed by atoms with Crippen LogP contribution in [0.2, 0.25) is 5.02 Å². The van der Waals surface area contributed by atoms with E-state index in [0.29, 0.717) is 22.8 Å². The van der Waals surface area contributed by atoms with Crippen molar-refractivity contribution in [3.05, 3.63) is 28.8 Å². The van der Waals surface area contributed by atoms with Crippen molar-refractivity contribution in [3.8, 4) is 0 Å². The zero-order chi connectivity index (χ0) is 13.8. The molecule has 0 unspecified atom stereocenters. The van der Waals surface area contributed by atoms with Gasteiger partial charge in [-0.3, -0.25) is 9.59 Å². The lowest BCUT2D eigenvalue weighted by Crippen LogP contribution is -2.30. The molecule has 102 valence electrons. The number of unbranched alkanes of at least 4 members (excludes halogenated alkanes) is 3. The van der Waals surface area contributed by atoms with E-state index >= 15 is 0 Å². The average Bonchev–Trinajstić information content (AvgIpc) is 2.63. The van der Waals surface area contributed by atoms with Gasteiger partial charge in [-0.15, -0.1) is 0 Å². The highest BCUT2D eigenvalue weighted by Crippen LogP contribution is 2.31. The van der Waals surface area contributed by atoms with Gasteiger partial charge in [-0.2, -0.15) is 0 Å². The van der Waals surface area contributed by atoms with Gasteiger partial charge >= 0.3 is 0 Å². The Morgan fingerprint density at radius 3 is 2.58 bits per heavy atom. The van der Waals surface area contributed by atoms with Gasteiger partial charge in [0.25, 0.3) is 11.7 Å². The van der Waals surface area contributed by atoms with Crippen molar-refractivity contribution in [2.75, 3.05) is 18.1 Å². The molecule has 0 bridgehead atoms. The molecule has 0 aromatic heterocycles. The van der Waals surface area contributed by atoms with Crippen LogP contribution < -0.4 is 4.90 Å². The molecule has 0 fully saturated rings. The topological polar surface area (TPSA) is 57.6 Å². The van der Waals surface area contributed by atoms with E-state index in [0.717, 1.165) is 25.7 Å². The molecular formula is C14H16ClNO3. The number of aliphatic hydroxyl groups is 1. The van der Waals surface area contributed by atoms with Crippen molar-refractivity contribution in [2.24, 2.45) is 0 Å². The standard InChI is InChI=1S/C14H16ClNO3/c15-10-5-6-11-12(9-10)16(14(19)13(11)18)7-3-1-2-4-8-17/h5-6,9,17H,1-4,7-8H2. The molecule has 0 atom stereocenters. The van der Waals surface area contributed by atoms with Crippen molar-refractivity contribution in [1.29, 1.82) is 0 Å². The van der Waals surface area contributed by atoms with Crippen LogP contribution in [0, 0.1) is 0 Å². The lowest BCUT2D eigenvalue weighted by molar-refractivity contribution is -0.114. The number of ketones is 1. The highest BCUT2D eigenvalue weighted by atomic mass is 35.5. The second-order valence-electron chi connectivity index (χ2n) is 4.59. The van der Waals surface area contributed by atoms with Crippen molar-refractivity contribution in [1.82, 2.24) is 0 Å². The van der Waals surface area contributed by atoms with E-state index in [1.165, 1.54) is 4.90 Å². The number of hydrogen-bond donors (Lipinski definition) is 1. The van der Waals surface area contributed by atoms with Gasteiger partial charge in [-0.1, -0.05) is 24.4 Å². The Kier molecular flexibility index (Phi) is 4.56. The van der Waals surface area contributed by atoms with Crippen LogP contribution in [0.1, 0.15) is 36.0 Å². The molecule has 1 heterocycles. The van der Waals surface area contributed by atoms with Crippen molar-refractivity contribution >= 4 is 29.0 Å². The van der Waals surface area contributed by atoms with E-state index in [4.69, 9.17) is 16.7 Å². The third-order valence-corrected chi connectivity index (χ3v) is 3.46. The molecule has 1 aliphatic rings. The quantitative estimate of drug-likeness (QED) is 0.643. The Morgan fingerprint density at radius 2 is 1.84 bits per heavy atom. The molecule has 1 aromatic carbocycles. The van der Waals surface area contributed by atoms with Crippen molar-refractivity contribution in [3.63, 3.8) is 0 Å². The summed E-state index contributed by atoms with van der Waals surface area (Å²) in [7, 11) is 0. The summed E-state index contributed by atoms with van der Waals surface area (Å²) in [5.74, 6) is -0.929. The lowest BCUT2D eigenvalue weighted by Gasteiger charge is -2.16. The first kappa shape index (κ1) is 14.0. The number of Topliss-reactive ketones (excluding diaryl/α,β-unsaturated/α-hetero) is 1. The van der Waals surface area contributed by atoms with Crippen LogP contribution >= 0.6 is 11.6 Å². The second kappa shape index (κ2) is 6.17. The summed E-state index contributed by atoms with van der Waals surface area (Å²) in [4.78, 5) is 25.2. The number of rotatable bonds is 6. The first-order chi connectivity index (χ1) is 9.15. The smallest absolute Gasteiger partial charge is 0.299 e. The number of aliphatic hydroxyl groups excluding tert-OH is 1. The number of amides is 1. The summed E-state index contributed by atoms with van der Waals surface area (Å²) < 4.78 is 0. The number of halogens is 1. The van der Waals surface area contributed by atoms with Gasteiger partial charge in [0, 0.05) is 18.2 Å². The maximum absolute atomic E-state index is 11.9. The summed E-state index contributed by atoms with van der Waals surface area (Å²) in [6, 6.07) is 4.88. The molecule has 0 spiro atoms. The minimum Gasteiger partial charge on any atom is -0.396 e. The number of carbonyl (C=O) groups excluding carboxylic acids is 2. The molecule has 0 aliphatic carbocycles. The van der Waals surface area contributed by atoms with Gasteiger partial charge in [-0.05, 0) is 31.0 Å². The van der Waals surface area contributed by atoms with Crippen molar-refractivity contribution < 1.29 is 14.7 Å². The normalized spacial score (nSPS) is 14.1. The molecular weight excluding hydrogens is 266 g/mol. The molecule has 5 heteroatoms.